The third kappa shape index (κ3) is 3.94. The fraction of sp³-hybridized carbons (Fsp3) is 0.318. The number of methoxy groups -OCH3 is 2. The van der Waals surface area contributed by atoms with E-state index >= 15 is 0 Å². The van der Waals surface area contributed by atoms with Gasteiger partial charge in [-0.2, -0.15) is 0 Å². The Morgan fingerprint density at radius 1 is 1.13 bits per heavy atom. The molecule has 0 saturated heterocycles. The van der Waals surface area contributed by atoms with E-state index in [0.717, 1.165) is 5.56 Å². The number of carbonyl (C=O) groups is 2. The van der Waals surface area contributed by atoms with Gasteiger partial charge in [0, 0.05) is 36.8 Å². The molecule has 0 spiro atoms. The van der Waals surface area contributed by atoms with Crippen LogP contribution >= 0.6 is 0 Å². The summed E-state index contributed by atoms with van der Waals surface area (Å²) in [6.45, 7) is 5.03. The van der Waals surface area contributed by atoms with E-state index in [2.05, 4.69) is 15.3 Å². The van der Waals surface area contributed by atoms with Crippen molar-refractivity contribution in [3.63, 3.8) is 0 Å². The summed E-state index contributed by atoms with van der Waals surface area (Å²) in [6.07, 6.45) is 3.48. The van der Waals surface area contributed by atoms with Gasteiger partial charge < -0.3 is 24.3 Å². The number of aryl methyl sites for hydroxylation is 2. The lowest BCUT2D eigenvalue weighted by atomic mass is 10.0. The summed E-state index contributed by atoms with van der Waals surface area (Å²) in [5, 5.41) is 3.04. The molecule has 1 amide bonds. The van der Waals surface area contributed by atoms with E-state index in [0.29, 0.717) is 39.8 Å². The van der Waals surface area contributed by atoms with Crippen molar-refractivity contribution >= 4 is 11.7 Å². The van der Waals surface area contributed by atoms with Crippen molar-refractivity contribution < 1.29 is 19.1 Å². The number of carbonyl (C=O) groups excluding carboxylic acids is 2. The van der Waals surface area contributed by atoms with E-state index in [4.69, 9.17) is 9.47 Å². The molecule has 2 aromatic heterocycles. The largest absolute Gasteiger partial charge is 0.497 e. The molecule has 0 aliphatic rings. The topological polar surface area (TPSA) is 98.2 Å². The van der Waals surface area contributed by atoms with Crippen LogP contribution in [0.4, 0.5) is 0 Å². The molecule has 0 fully saturated rings. The maximum Gasteiger partial charge on any atom is 0.268 e. The predicted octanol–water partition coefficient (Wildman–Crippen LogP) is 3.10. The minimum absolute atomic E-state index is 0.0847. The highest BCUT2D eigenvalue weighted by atomic mass is 16.5. The van der Waals surface area contributed by atoms with Crippen molar-refractivity contribution in [2.45, 2.75) is 26.8 Å². The molecule has 0 aliphatic heterocycles. The lowest BCUT2D eigenvalue weighted by molar-refractivity contribution is 0.0935. The molecule has 8 heteroatoms. The average Bonchev–Trinajstić information content (AvgIpc) is 3.27. The monoisotopic (exact) mass is 410 g/mol. The number of imidazole rings is 1. The first kappa shape index (κ1) is 21.2. The van der Waals surface area contributed by atoms with Gasteiger partial charge in [-0.05, 0) is 44.0 Å². The van der Waals surface area contributed by atoms with E-state index in [1.807, 2.05) is 29.9 Å². The van der Waals surface area contributed by atoms with Crippen LogP contribution in [0.15, 0.2) is 30.6 Å². The number of Topliss-reactive ketones (excluding diaryl/α,β-unsaturated/α-hetero) is 1. The zero-order valence-corrected chi connectivity index (χ0v) is 18.0. The number of hydrogen-bond acceptors (Lipinski definition) is 5. The lowest BCUT2D eigenvalue weighted by Gasteiger charge is -2.20. The molecule has 0 aliphatic carbocycles. The molecule has 3 aromatic rings. The number of rotatable bonds is 7. The van der Waals surface area contributed by atoms with Gasteiger partial charge in [-0.3, -0.25) is 9.59 Å². The number of aromatic amines is 1. The number of ether oxygens (including phenoxy) is 2. The Morgan fingerprint density at radius 2 is 1.77 bits per heavy atom. The first-order valence-corrected chi connectivity index (χ1v) is 9.48. The number of hydrogen-bond donors (Lipinski definition) is 2. The van der Waals surface area contributed by atoms with Crippen LogP contribution in [0.25, 0.3) is 0 Å². The van der Waals surface area contributed by atoms with Crippen LogP contribution < -0.4 is 14.8 Å². The summed E-state index contributed by atoms with van der Waals surface area (Å²) in [7, 11) is 5.00. The quantitative estimate of drug-likeness (QED) is 0.583. The molecule has 0 radical (unpaired) electrons. The van der Waals surface area contributed by atoms with E-state index in [-0.39, 0.29) is 11.7 Å². The lowest BCUT2D eigenvalue weighted by Crippen LogP contribution is -2.31. The molecule has 8 nitrogen and oxygen atoms in total. The second kappa shape index (κ2) is 8.44. The summed E-state index contributed by atoms with van der Waals surface area (Å²) in [6, 6.07) is 4.86. The highest BCUT2D eigenvalue weighted by Gasteiger charge is 2.26. The zero-order valence-electron chi connectivity index (χ0n) is 18.0. The fourth-order valence-electron chi connectivity index (χ4n) is 3.66. The molecule has 1 atom stereocenters. The van der Waals surface area contributed by atoms with Gasteiger partial charge in [0.2, 0.25) is 0 Å². The van der Waals surface area contributed by atoms with E-state index in [1.54, 1.807) is 40.3 Å². The third-order valence-electron chi connectivity index (χ3n) is 5.12. The number of nitrogens with one attached hydrogen (secondary N) is 2. The smallest absolute Gasteiger partial charge is 0.268 e. The van der Waals surface area contributed by atoms with Gasteiger partial charge in [-0.15, -0.1) is 0 Å². The van der Waals surface area contributed by atoms with Gasteiger partial charge in [0.05, 0.1) is 14.2 Å². The van der Waals surface area contributed by atoms with Gasteiger partial charge in [0.25, 0.3) is 5.91 Å². The first-order valence-electron chi connectivity index (χ1n) is 9.48. The Morgan fingerprint density at radius 3 is 2.23 bits per heavy atom. The number of nitrogens with zero attached hydrogens (tertiary/aromatic N) is 2. The Bertz CT molecular complexity index is 1070. The summed E-state index contributed by atoms with van der Waals surface area (Å²) in [5.74, 6) is 1.43. The third-order valence-corrected chi connectivity index (χ3v) is 5.12. The molecule has 1 unspecified atom stereocenters. The van der Waals surface area contributed by atoms with Gasteiger partial charge >= 0.3 is 0 Å². The maximum atomic E-state index is 13.2. The molecular formula is C22H26N4O4. The van der Waals surface area contributed by atoms with Crippen molar-refractivity contribution in [2.75, 3.05) is 14.2 Å². The minimum Gasteiger partial charge on any atom is -0.497 e. The molecule has 0 bridgehead atoms. The van der Waals surface area contributed by atoms with Crippen LogP contribution in [0.3, 0.4) is 0 Å². The van der Waals surface area contributed by atoms with E-state index in [1.165, 1.54) is 6.92 Å². The Labute approximate surface area is 175 Å². The highest BCUT2D eigenvalue weighted by Crippen LogP contribution is 2.30. The molecule has 3 rings (SSSR count). The molecule has 0 saturated carbocycles. The number of H-pyrrole nitrogens is 1. The normalized spacial score (nSPS) is 11.8. The van der Waals surface area contributed by atoms with Gasteiger partial charge in [0.1, 0.15) is 29.1 Å². The van der Waals surface area contributed by atoms with Crippen LogP contribution in [0.2, 0.25) is 0 Å². The van der Waals surface area contributed by atoms with Crippen molar-refractivity contribution in [2.24, 2.45) is 7.05 Å². The van der Waals surface area contributed by atoms with Crippen LogP contribution in [-0.2, 0) is 7.05 Å². The number of benzene rings is 1. The zero-order chi connectivity index (χ0) is 22.0. The first-order chi connectivity index (χ1) is 14.3. The Hall–Kier alpha value is -3.55. The van der Waals surface area contributed by atoms with E-state index in [9.17, 15) is 9.59 Å². The van der Waals surface area contributed by atoms with Crippen molar-refractivity contribution in [3.8, 4) is 11.5 Å². The molecule has 1 aromatic carbocycles. The van der Waals surface area contributed by atoms with Crippen LogP contribution in [-0.4, -0.2) is 40.4 Å². The molecular weight excluding hydrogens is 384 g/mol. The van der Waals surface area contributed by atoms with Crippen molar-refractivity contribution in [3.05, 3.63) is 64.5 Å². The summed E-state index contributed by atoms with van der Waals surface area (Å²) in [5.41, 5.74) is 2.94. The molecule has 2 N–H and O–H groups in total. The maximum absolute atomic E-state index is 13.2. The van der Waals surface area contributed by atoms with Crippen LogP contribution in [0.5, 0.6) is 11.5 Å². The van der Waals surface area contributed by atoms with Crippen molar-refractivity contribution in [1.82, 2.24) is 19.9 Å². The summed E-state index contributed by atoms with van der Waals surface area (Å²) < 4.78 is 12.6. The summed E-state index contributed by atoms with van der Waals surface area (Å²) in [4.78, 5) is 32.6. The SMILES string of the molecule is COc1cc(OC)cc(C(NC(=O)c2[nH]c(C)c(C(C)=O)c2C)c2nccn2C)c1. The van der Waals surface area contributed by atoms with Crippen LogP contribution in [0.1, 0.15) is 56.5 Å². The molecule has 158 valence electrons. The van der Waals surface area contributed by atoms with Crippen LogP contribution in [0, 0.1) is 13.8 Å². The fourth-order valence-corrected chi connectivity index (χ4v) is 3.66. The number of amides is 1. The second-order valence-electron chi connectivity index (χ2n) is 7.13. The molecule has 2 heterocycles. The average molecular weight is 410 g/mol. The Balaban J connectivity index is 2.06. The van der Waals surface area contributed by atoms with Gasteiger partial charge in [-0.1, -0.05) is 0 Å². The number of ketones is 1. The predicted molar refractivity (Wildman–Crippen MR) is 112 cm³/mol. The highest BCUT2D eigenvalue weighted by molar-refractivity contribution is 6.02. The Kier molecular flexibility index (Phi) is 5.96. The number of aromatic nitrogens is 3. The second-order valence-corrected chi connectivity index (χ2v) is 7.13. The van der Waals surface area contributed by atoms with Gasteiger partial charge in [-0.25, -0.2) is 4.98 Å². The standard InChI is InChI=1S/C22H26N4O4/c1-12-18(14(3)27)13(2)24-19(12)22(28)25-20(21-23-7-8-26(21)4)15-9-16(29-5)11-17(10-15)30-6/h7-11,20,24H,1-6H3,(H,25,28). The summed E-state index contributed by atoms with van der Waals surface area (Å²) >= 11 is 0. The van der Waals surface area contributed by atoms with Crippen molar-refractivity contribution in [1.29, 1.82) is 0 Å². The van der Waals surface area contributed by atoms with E-state index < -0.39 is 6.04 Å². The minimum atomic E-state index is -0.565. The van der Waals surface area contributed by atoms with Gasteiger partial charge in [0.15, 0.2) is 5.78 Å². The molecule has 30 heavy (non-hydrogen) atoms.